The van der Waals surface area contributed by atoms with E-state index < -0.39 is 0 Å². The molecule has 1 unspecified atom stereocenters. The summed E-state index contributed by atoms with van der Waals surface area (Å²) in [6.07, 6.45) is 4.33. The highest BCUT2D eigenvalue weighted by atomic mass is 16.2. The molecule has 0 aliphatic carbocycles. The van der Waals surface area contributed by atoms with E-state index in [-0.39, 0.29) is 5.91 Å². The van der Waals surface area contributed by atoms with Crippen molar-refractivity contribution in [1.29, 1.82) is 0 Å². The summed E-state index contributed by atoms with van der Waals surface area (Å²) in [5.74, 6) is 0.789. The molecule has 0 saturated carbocycles. The molecule has 2 aliphatic heterocycles. The van der Waals surface area contributed by atoms with Gasteiger partial charge in [0.05, 0.1) is 19.3 Å². The van der Waals surface area contributed by atoms with Gasteiger partial charge >= 0.3 is 0 Å². The fourth-order valence-electron chi connectivity index (χ4n) is 4.66. The molecule has 0 spiro atoms. The maximum Gasteiger partial charge on any atom is 0.239 e. The zero-order valence-corrected chi connectivity index (χ0v) is 18.3. The average Bonchev–Trinajstić information content (AvgIpc) is 3.15. The summed E-state index contributed by atoms with van der Waals surface area (Å²) in [6, 6.07) is 10.9. The fraction of sp³-hybridized carbons (Fsp3) is 0.565. The van der Waals surface area contributed by atoms with Gasteiger partial charge in [0.1, 0.15) is 5.82 Å². The van der Waals surface area contributed by atoms with Crippen molar-refractivity contribution in [2.45, 2.75) is 32.4 Å². The highest BCUT2D eigenvalue weighted by Gasteiger charge is 2.27. The normalized spacial score (nSPS) is 21.6. The molecule has 3 heterocycles. The first-order chi connectivity index (χ1) is 14.6. The van der Waals surface area contributed by atoms with E-state index >= 15 is 0 Å². The van der Waals surface area contributed by atoms with Gasteiger partial charge in [0, 0.05) is 44.8 Å². The highest BCUT2D eigenvalue weighted by molar-refractivity contribution is 5.91. The van der Waals surface area contributed by atoms with Crippen LogP contribution in [0.25, 0.3) is 0 Å². The Morgan fingerprint density at radius 3 is 2.77 bits per heavy atom. The summed E-state index contributed by atoms with van der Waals surface area (Å²) in [4.78, 5) is 20.0. The topological polar surface area (TPSA) is 56.6 Å². The summed E-state index contributed by atoms with van der Waals surface area (Å²) >= 11 is 0. The van der Waals surface area contributed by atoms with Gasteiger partial charge in [0.25, 0.3) is 0 Å². The largest absolute Gasteiger partial charge is 0.310 e. The molecule has 4 rings (SSSR count). The third kappa shape index (κ3) is 5.47. The number of aromatic nitrogens is 2. The van der Waals surface area contributed by atoms with E-state index in [9.17, 15) is 4.79 Å². The number of rotatable bonds is 6. The zero-order chi connectivity index (χ0) is 20.9. The Balaban J connectivity index is 1.25. The molecule has 30 heavy (non-hydrogen) atoms. The van der Waals surface area contributed by atoms with E-state index in [4.69, 9.17) is 0 Å². The van der Waals surface area contributed by atoms with Crippen molar-refractivity contribution in [3.05, 3.63) is 47.7 Å². The smallest absolute Gasteiger partial charge is 0.239 e. The Labute approximate surface area is 179 Å². The standard InChI is InChI=1S/C23H34N6O/c1-19-5-3-6-20(15-19)16-29-22(8-9-24-29)25-23(30)18-27-11-13-28(14-12-27)21-7-4-10-26(2)17-21/h3,5-6,8-9,15,21H,4,7,10-14,16-18H2,1-2H3,(H,25,30). The van der Waals surface area contributed by atoms with E-state index in [0.29, 0.717) is 19.1 Å². The number of nitrogens with one attached hydrogen (secondary N) is 1. The van der Waals surface area contributed by atoms with Gasteiger partial charge in [-0.1, -0.05) is 29.8 Å². The first-order valence-corrected chi connectivity index (χ1v) is 11.1. The Morgan fingerprint density at radius 1 is 1.17 bits per heavy atom. The van der Waals surface area contributed by atoms with Gasteiger partial charge in [-0.05, 0) is 38.9 Å². The monoisotopic (exact) mass is 410 g/mol. The second kappa shape index (κ2) is 9.73. The van der Waals surface area contributed by atoms with Crippen molar-refractivity contribution >= 4 is 11.7 Å². The van der Waals surface area contributed by atoms with Crippen molar-refractivity contribution < 1.29 is 4.79 Å². The van der Waals surface area contributed by atoms with E-state index in [1.54, 1.807) is 6.20 Å². The lowest BCUT2D eigenvalue weighted by Crippen LogP contribution is -2.55. The van der Waals surface area contributed by atoms with Crippen LogP contribution in [0.1, 0.15) is 24.0 Å². The number of carbonyl (C=O) groups is 1. The number of amides is 1. The first-order valence-electron chi connectivity index (χ1n) is 11.1. The highest BCUT2D eigenvalue weighted by Crippen LogP contribution is 2.17. The minimum Gasteiger partial charge on any atom is -0.310 e. The molecule has 7 nitrogen and oxygen atoms in total. The Morgan fingerprint density at radius 2 is 2.00 bits per heavy atom. The number of carbonyl (C=O) groups excluding carboxylic acids is 1. The lowest BCUT2D eigenvalue weighted by molar-refractivity contribution is -0.117. The SMILES string of the molecule is Cc1cccc(Cn2nccc2NC(=O)CN2CCN(C3CCCN(C)C3)CC2)c1. The van der Waals surface area contributed by atoms with Gasteiger partial charge in [-0.25, -0.2) is 4.68 Å². The van der Waals surface area contributed by atoms with Crippen molar-refractivity contribution in [3.8, 4) is 0 Å². The summed E-state index contributed by atoms with van der Waals surface area (Å²) in [6.45, 7) is 9.58. The van der Waals surface area contributed by atoms with E-state index in [1.807, 2.05) is 10.7 Å². The van der Waals surface area contributed by atoms with Crippen LogP contribution in [-0.4, -0.2) is 89.3 Å². The number of aryl methyl sites for hydroxylation is 1. The molecule has 1 atom stereocenters. The molecule has 2 aliphatic rings. The average molecular weight is 411 g/mol. The first kappa shape index (κ1) is 21.0. The molecule has 1 N–H and O–H groups in total. The molecular weight excluding hydrogens is 376 g/mol. The number of hydrogen-bond donors (Lipinski definition) is 1. The van der Waals surface area contributed by atoms with Crippen molar-refractivity contribution in [2.24, 2.45) is 0 Å². The molecule has 0 bridgehead atoms. The summed E-state index contributed by atoms with van der Waals surface area (Å²) in [7, 11) is 2.22. The van der Waals surface area contributed by atoms with Crippen LogP contribution >= 0.6 is 0 Å². The van der Waals surface area contributed by atoms with Crippen LogP contribution in [0.4, 0.5) is 5.82 Å². The van der Waals surface area contributed by atoms with E-state index in [1.165, 1.54) is 37.1 Å². The third-order valence-electron chi connectivity index (χ3n) is 6.29. The van der Waals surface area contributed by atoms with Crippen LogP contribution in [0.5, 0.6) is 0 Å². The van der Waals surface area contributed by atoms with Crippen LogP contribution in [0.15, 0.2) is 36.5 Å². The summed E-state index contributed by atoms with van der Waals surface area (Å²) in [5.41, 5.74) is 2.41. The fourth-order valence-corrected chi connectivity index (χ4v) is 4.66. The van der Waals surface area contributed by atoms with Gasteiger partial charge < -0.3 is 10.2 Å². The van der Waals surface area contributed by atoms with E-state index in [0.717, 1.165) is 32.0 Å². The predicted molar refractivity (Wildman–Crippen MR) is 120 cm³/mol. The molecule has 2 saturated heterocycles. The Kier molecular flexibility index (Phi) is 6.82. The minimum atomic E-state index is 0.0341. The molecule has 1 aromatic carbocycles. The summed E-state index contributed by atoms with van der Waals surface area (Å²) < 4.78 is 1.85. The van der Waals surface area contributed by atoms with Crippen molar-refractivity contribution in [1.82, 2.24) is 24.5 Å². The number of nitrogens with zero attached hydrogens (tertiary/aromatic N) is 5. The predicted octanol–water partition coefficient (Wildman–Crippen LogP) is 1.89. The Bertz CT molecular complexity index is 842. The van der Waals surface area contributed by atoms with Crippen molar-refractivity contribution in [3.63, 3.8) is 0 Å². The minimum absolute atomic E-state index is 0.0341. The van der Waals surface area contributed by atoms with E-state index in [2.05, 4.69) is 63.4 Å². The lowest BCUT2D eigenvalue weighted by atomic mass is 10.0. The van der Waals surface area contributed by atoms with Crippen LogP contribution in [0, 0.1) is 6.92 Å². The second-order valence-corrected chi connectivity index (χ2v) is 8.78. The van der Waals surface area contributed by atoms with Crippen molar-refractivity contribution in [2.75, 3.05) is 58.2 Å². The van der Waals surface area contributed by atoms with Gasteiger partial charge in [-0.2, -0.15) is 5.10 Å². The quantitative estimate of drug-likeness (QED) is 0.788. The number of benzene rings is 1. The van der Waals surface area contributed by atoms with Gasteiger partial charge in [-0.15, -0.1) is 0 Å². The molecule has 7 heteroatoms. The lowest BCUT2D eigenvalue weighted by Gasteiger charge is -2.42. The molecule has 1 amide bonds. The molecule has 162 valence electrons. The van der Waals surface area contributed by atoms with Crippen LogP contribution in [-0.2, 0) is 11.3 Å². The van der Waals surface area contributed by atoms with Crippen LogP contribution in [0.2, 0.25) is 0 Å². The van der Waals surface area contributed by atoms with Gasteiger partial charge in [-0.3, -0.25) is 14.6 Å². The molecule has 2 aromatic rings. The molecular formula is C23H34N6O. The van der Waals surface area contributed by atoms with Gasteiger partial charge in [0.2, 0.25) is 5.91 Å². The van der Waals surface area contributed by atoms with Crippen LogP contribution < -0.4 is 5.32 Å². The zero-order valence-electron chi connectivity index (χ0n) is 18.3. The maximum absolute atomic E-state index is 12.6. The number of hydrogen-bond acceptors (Lipinski definition) is 5. The molecule has 1 aromatic heterocycles. The third-order valence-corrected chi connectivity index (χ3v) is 6.29. The van der Waals surface area contributed by atoms with Gasteiger partial charge in [0.15, 0.2) is 0 Å². The molecule has 2 fully saturated rings. The number of likely N-dealkylation sites (N-methyl/N-ethyl adjacent to an activating group) is 1. The van der Waals surface area contributed by atoms with Crippen LogP contribution in [0.3, 0.4) is 0 Å². The molecule has 0 radical (unpaired) electrons. The number of piperidine rings is 1. The Hall–Kier alpha value is -2.22. The maximum atomic E-state index is 12.6. The number of likely N-dealkylation sites (tertiary alicyclic amines) is 1. The number of piperazine rings is 1. The second-order valence-electron chi connectivity index (χ2n) is 8.78. The summed E-state index contributed by atoms with van der Waals surface area (Å²) in [5, 5.41) is 7.44. The number of anilines is 1.